The first kappa shape index (κ1) is 25.5. The van der Waals surface area contributed by atoms with E-state index in [1.165, 1.54) is 44.9 Å². The summed E-state index contributed by atoms with van der Waals surface area (Å²) >= 11 is 0. The van der Waals surface area contributed by atoms with Gasteiger partial charge in [-0.1, -0.05) is 107 Å². The highest BCUT2D eigenvalue weighted by molar-refractivity contribution is 5.83. The summed E-state index contributed by atoms with van der Waals surface area (Å²) in [7, 11) is 0. The summed E-state index contributed by atoms with van der Waals surface area (Å²) in [6.07, 6.45) is 4.46. The van der Waals surface area contributed by atoms with E-state index in [0.717, 1.165) is 12.8 Å². The molecule has 0 saturated carbocycles. The van der Waals surface area contributed by atoms with Gasteiger partial charge in [-0.05, 0) is 88.9 Å². The number of hydrogen-bond acceptors (Lipinski definition) is 1. The van der Waals surface area contributed by atoms with Crippen molar-refractivity contribution in [1.82, 2.24) is 0 Å². The van der Waals surface area contributed by atoms with E-state index in [-0.39, 0.29) is 0 Å². The van der Waals surface area contributed by atoms with E-state index in [1.54, 1.807) is 0 Å². The van der Waals surface area contributed by atoms with Crippen LogP contribution in [0.3, 0.4) is 0 Å². The minimum atomic E-state index is 0.519. The van der Waals surface area contributed by atoms with Gasteiger partial charge in [0.1, 0.15) is 0 Å². The van der Waals surface area contributed by atoms with Crippen LogP contribution in [-0.2, 0) is 0 Å². The van der Waals surface area contributed by atoms with Crippen molar-refractivity contribution >= 4 is 28.7 Å². The lowest BCUT2D eigenvalue weighted by Gasteiger charge is -2.26. The third kappa shape index (κ3) is 5.97. The molecule has 0 aromatic heterocycles. The van der Waals surface area contributed by atoms with Crippen molar-refractivity contribution < 1.29 is 0 Å². The summed E-state index contributed by atoms with van der Waals surface area (Å²) in [5.74, 6) is 1.09. The van der Waals surface area contributed by atoms with Crippen LogP contribution >= 0.6 is 0 Å². The van der Waals surface area contributed by atoms with Crippen molar-refractivity contribution in [2.45, 2.75) is 59.3 Å². The van der Waals surface area contributed by atoms with E-state index in [4.69, 9.17) is 0 Å². The minimum Gasteiger partial charge on any atom is -0.311 e. The zero-order chi connectivity index (χ0) is 25.5. The van der Waals surface area contributed by atoms with E-state index >= 15 is 0 Å². The van der Waals surface area contributed by atoms with Crippen LogP contribution in [0.5, 0.6) is 0 Å². The Kier molecular flexibility index (Phi) is 8.44. The molecule has 1 nitrogen and oxygen atoms in total. The molecule has 0 radical (unpaired) electrons. The van der Waals surface area contributed by atoms with Crippen LogP contribution in [0.25, 0.3) is 11.6 Å². The van der Waals surface area contributed by atoms with Crippen LogP contribution in [0.4, 0.5) is 17.1 Å². The molecule has 0 fully saturated rings. The van der Waals surface area contributed by atoms with Gasteiger partial charge in [-0.25, -0.2) is 0 Å². The highest BCUT2D eigenvalue weighted by Gasteiger charge is 2.14. The lowest BCUT2D eigenvalue weighted by atomic mass is 9.98. The molecular weight excluding hydrogens is 434 g/mol. The van der Waals surface area contributed by atoms with Gasteiger partial charge in [0, 0.05) is 17.1 Å². The lowest BCUT2D eigenvalue weighted by Crippen LogP contribution is -2.10. The monoisotopic (exact) mass is 473 g/mol. The Labute approximate surface area is 218 Å². The van der Waals surface area contributed by atoms with Gasteiger partial charge in [0.15, 0.2) is 0 Å². The smallest absolute Gasteiger partial charge is 0.0462 e. The number of rotatable bonds is 9. The second-order valence-electron chi connectivity index (χ2n) is 9.96. The Hall–Kier alpha value is -3.58. The van der Waals surface area contributed by atoms with Crippen LogP contribution in [0.15, 0.2) is 103 Å². The van der Waals surface area contributed by atoms with Crippen molar-refractivity contribution in [3.05, 3.63) is 125 Å². The van der Waals surface area contributed by atoms with Gasteiger partial charge in [-0.3, -0.25) is 0 Å². The highest BCUT2D eigenvalue weighted by atomic mass is 15.1. The molecule has 1 atom stereocenters. The molecule has 1 unspecified atom stereocenters. The van der Waals surface area contributed by atoms with Crippen LogP contribution in [0.1, 0.15) is 81.5 Å². The molecule has 0 aliphatic rings. The summed E-state index contributed by atoms with van der Waals surface area (Å²) in [5.41, 5.74) is 10.1. The van der Waals surface area contributed by atoms with Crippen molar-refractivity contribution in [2.75, 3.05) is 4.90 Å². The zero-order valence-corrected chi connectivity index (χ0v) is 22.4. The van der Waals surface area contributed by atoms with Crippen LogP contribution in [0.2, 0.25) is 0 Å². The Morgan fingerprint density at radius 2 is 1.14 bits per heavy atom. The molecule has 0 spiro atoms. The number of allylic oxidation sites excluding steroid dienone is 1. The normalized spacial score (nSPS) is 12.6. The fraction of sp³-hybridized carbons (Fsp3) is 0.257. The molecule has 36 heavy (non-hydrogen) atoms. The molecule has 0 aliphatic heterocycles. The summed E-state index contributed by atoms with van der Waals surface area (Å²) < 4.78 is 0. The number of hydrogen-bond donors (Lipinski definition) is 0. The zero-order valence-electron chi connectivity index (χ0n) is 22.4. The molecule has 184 valence electrons. The van der Waals surface area contributed by atoms with Crippen molar-refractivity contribution in [2.24, 2.45) is 0 Å². The largest absolute Gasteiger partial charge is 0.311 e. The first-order valence-corrected chi connectivity index (χ1v) is 13.4. The molecular formula is C35H39N. The van der Waals surface area contributed by atoms with Crippen LogP contribution in [-0.4, -0.2) is 0 Å². The molecule has 0 N–H and O–H groups in total. The van der Waals surface area contributed by atoms with Gasteiger partial charge in [0.25, 0.3) is 0 Å². The van der Waals surface area contributed by atoms with E-state index in [2.05, 4.69) is 149 Å². The Bertz CT molecular complexity index is 1250. The van der Waals surface area contributed by atoms with E-state index in [9.17, 15) is 0 Å². The van der Waals surface area contributed by atoms with Gasteiger partial charge < -0.3 is 4.90 Å². The number of nitrogens with zero attached hydrogens (tertiary/aromatic N) is 1. The van der Waals surface area contributed by atoms with Crippen molar-refractivity contribution in [3.63, 3.8) is 0 Å². The fourth-order valence-corrected chi connectivity index (χ4v) is 4.61. The summed E-state index contributed by atoms with van der Waals surface area (Å²) in [5, 5.41) is 0. The maximum Gasteiger partial charge on any atom is 0.0462 e. The third-order valence-electron chi connectivity index (χ3n) is 7.17. The van der Waals surface area contributed by atoms with E-state index < -0.39 is 0 Å². The summed E-state index contributed by atoms with van der Waals surface area (Å²) in [4.78, 5) is 2.36. The van der Waals surface area contributed by atoms with E-state index in [0.29, 0.717) is 11.8 Å². The Balaban J connectivity index is 1.70. The quantitative estimate of drug-likeness (QED) is 0.218. The highest BCUT2D eigenvalue weighted by Crippen LogP contribution is 2.36. The molecule has 1 heteroatoms. The molecule has 0 heterocycles. The van der Waals surface area contributed by atoms with Gasteiger partial charge in [0.05, 0.1) is 0 Å². The average Bonchev–Trinajstić information content (AvgIpc) is 2.93. The molecule has 4 aromatic carbocycles. The molecule has 0 bridgehead atoms. The van der Waals surface area contributed by atoms with Gasteiger partial charge >= 0.3 is 0 Å². The van der Waals surface area contributed by atoms with E-state index in [1.807, 2.05) is 0 Å². The molecule has 0 aliphatic carbocycles. The SMILES string of the molecule is CC/C(=C\c1ccc(N(c2ccc(C(C)C)cc2)c2ccc(C(C)CC)cc2)cc1)c1ccccc1. The van der Waals surface area contributed by atoms with Gasteiger partial charge in [-0.2, -0.15) is 0 Å². The Morgan fingerprint density at radius 1 is 0.639 bits per heavy atom. The molecule has 4 rings (SSSR count). The van der Waals surface area contributed by atoms with Gasteiger partial charge in [-0.15, -0.1) is 0 Å². The second-order valence-corrected chi connectivity index (χ2v) is 9.96. The van der Waals surface area contributed by atoms with Crippen molar-refractivity contribution in [3.8, 4) is 0 Å². The molecule has 0 amide bonds. The summed E-state index contributed by atoms with van der Waals surface area (Å²) in [6.45, 7) is 11.3. The topological polar surface area (TPSA) is 3.24 Å². The lowest BCUT2D eigenvalue weighted by molar-refractivity contribution is 0.733. The third-order valence-corrected chi connectivity index (χ3v) is 7.17. The minimum absolute atomic E-state index is 0.519. The van der Waals surface area contributed by atoms with Crippen LogP contribution in [0, 0.1) is 0 Å². The maximum absolute atomic E-state index is 2.36. The predicted octanol–water partition coefficient (Wildman–Crippen LogP) is 10.7. The number of benzene rings is 4. The van der Waals surface area contributed by atoms with Gasteiger partial charge in [0.2, 0.25) is 0 Å². The van der Waals surface area contributed by atoms with Crippen molar-refractivity contribution in [1.29, 1.82) is 0 Å². The second kappa shape index (κ2) is 11.9. The molecule has 0 saturated heterocycles. The first-order valence-electron chi connectivity index (χ1n) is 13.4. The standard InChI is InChI=1S/C35H39N/c1-6-27(5)31-17-23-35(24-18-31)36(34-21-15-30(16-22-34)26(3)4)33-19-13-28(14-20-33)25-29(7-2)32-11-9-8-10-12-32/h8-27H,6-7H2,1-5H3/b29-25+. The first-order chi connectivity index (χ1) is 17.5. The number of anilines is 3. The Morgan fingerprint density at radius 3 is 1.61 bits per heavy atom. The fourth-order valence-electron chi connectivity index (χ4n) is 4.61. The predicted molar refractivity (Wildman–Crippen MR) is 159 cm³/mol. The average molecular weight is 474 g/mol. The summed E-state index contributed by atoms with van der Waals surface area (Å²) in [6, 6.07) is 37.7. The maximum atomic E-state index is 2.36. The molecule has 4 aromatic rings. The van der Waals surface area contributed by atoms with Crippen LogP contribution < -0.4 is 4.90 Å².